The molecule has 1 aromatic heterocycles. The molecule has 0 saturated heterocycles. The molecule has 2 aromatic carbocycles. The molecule has 0 fully saturated rings. The van der Waals surface area contributed by atoms with E-state index < -0.39 is 25.2 Å². The summed E-state index contributed by atoms with van der Waals surface area (Å²) in [5.41, 5.74) is 5.02. The van der Waals surface area contributed by atoms with E-state index >= 15 is 0 Å². The number of aromatic amines is 1. The minimum absolute atomic E-state index is 0.308. The number of rotatable bonds is 6. The van der Waals surface area contributed by atoms with Crippen LogP contribution in [0.25, 0.3) is 22.0 Å². The van der Waals surface area contributed by atoms with Crippen molar-refractivity contribution in [3.63, 3.8) is 0 Å². The van der Waals surface area contributed by atoms with E-state index in [-0.39, 0.29) is 5.82 Å². The van der Waals surface area contributed by atoms with Crippen molar-refractivity contribution in [2.45, 2.75) is 6.10 Å². The maximum Gasteiger partial charge on any atom is 0.274 e. The number of aliphatic hydroxyl groups excluding tert-OH is 2. The highest BCUT2D eigenvalue weighted by molar-refractivity contribution is 5.97. The molecule has 3 rings (SSSR count). The number of aliphatic hydroxyl groups is 2. The van der Waals surface area contributed by atoms with Gasteiger partial charge in [-0.15, -0.1) is 0 Å². The van der Waals surface area contributed by atoms with Crippen LogP contribution >= 0.6 is 0 Å². The van der Waals surface area contributed by atoms with Crippen LogP contribution in [0.1, 0.15) is 10.4 Å². The summed E-state index contributed by atoms with van der Waals surface area (Å²) in [7, 11) is 0. The number of carbonyl (C=O) groups excluding carboxylic acids is 1. The second-order valence-corrected chi connectivity index (χ2v) is 5.51. The number of hydroxylamine groups is 1. The first-order chi connectivity index (χ1) is 12.1. The van der Waals surface area contributed by atoms with E-state index in [0.717, 1.165) is 16.5 Å². The Labute approximate surface area is 142 Å². The number of aromatic nitrogens is 1. The smallest absolute Gasteiger partial charge is 0.274 e. The number of amides is 1. The van der Waals surface area contributed by atoms with Crippen molar-refractivity contribution in [2.24, 2.45) is 0 Å². The number of halogens is 1. The molecule has 0 bridgehead atoms. The van der Waals surface area contributed by atoms with Gasteiger partial charge in [0.05, 0.1) is 13.2 Å². The summed E-state index contributed by atoms with van der Waals surface area (Å²) in [6, 6.07) is 11.3. The summed E-state index contributed by atoms with van der Waals surface area (Å²) in [6.07, 6.45) is 0.921. The second-order valence-electron chi connectivity index (χ2n) is 5.51. The molecule has 1 heterocycles. The van der Waals surface area contributed by atoms with E-state index in [1.165, 1.54) is 12.1 Å². The number of nitrogens with one attached hydrogen (secondary N) is 2. The monoisotopic (exact) mass is 344 g/mol. The molecular formula is C18H17FN2O4. The first-order valence-corrected chi connectivity index (χ1v) is 7.67. The zero-order chi connectivity index (χ0) is 17.8. The number of H-pyrrole nitrogens is 1. The minimum atomic E-state index is -0.866. The Balaban J connectivity index is 1.76. The fraction of sp³-hybridized carbons (Fsp3) is 0.167. The third-order valence-electron chi connectivity index (χ3n) is 3.83. The zero-order valence-corrected chi connectivity index (χ0v) is 13.2. The van der Waals surface area contributed by atoms with Crippen LogP contribution in [0.5, 0.6) is 0 Å². The molecule has 0 aliphatic carbocycles. The topological polar surface area (TPSA) is 94.6 Å². The average Bonchev–Trinajstić information content (AvgIpc) is 3.05. The Morgan fingerprint density at radius 3 is 2.56 bits per heavy atom. The van der Waals surface area contributed by atoms with E-state index in [2.05, 4.69) is 10.5 Å². The highest BCUT2D eigenvalue weighted by Gasteiger charge is 2.12. The molecule has 1 amide bonds. The summed E-state index contributed by atoms with van der Waals surface area (Å²) >= 11 is 0. The largest absolute Gasteiger partial charge is 0.393 e. The number of hydrogen-bond acceptors (Lipinski definition) is 4. The van der Waals surface area contributed by atoms with Gasteiger partial charge in [-0.1, -0.05) is 12.1 Å². The van der Waals surface area contributed by atoms with E-state index in [0.29, 0.717) is 11.1 Å². The van der Waals surface area contributed by atoms with Gasteiger partial charge in [0.25, 0.3) is 5.91 Å². The zero-order valence-electron chi connectivity index (χ0n) is 13.2. The molecule has 0 aliphatic rings. The van der Waals surface area contributed by atoms with Gasteiger partial charge in [-0.3, -0.25) is 9.63 Å². The van der Waals surface area contributed by atoms with Gasteiger partial charge in [-0.05, 0) is 35.9 Å². The number of benzene rings is 2. The fourth-order valence-electron chi connectivity index (χ4n) is 2.47. The van der Waals surface area contributed by atoms with Crippen LogP contribution in [-0.2, 0) is 4.84 Å². The second kappa shape index (κ2) is 7.43. The van der Waals surface area contributed by atoms with E-state index in [9.17, 15) is 9.18 Å². The van der Waals surface area contributed by atoms with Crippen molar-refractivity contribution in [1.82, 2.24) is 10.5 Å². The summed E-state index contributed by atoms with van der Waals surface area (Å²) < 4.78 is 13.3. The number of carbonyl (C=O) groups is 1. The van der Waals surface area contributed by atoms with Crippen LogP contribution in [0, 0.1) is 5.82 Å². The van der Waals surface area contributed by atoms with Gasteiger partial charge in [-0.2, -0.15) is 0 Å². The minimum Gasteiger partial charge on any atom is -0.393 e. The van der Waals surface area contributed by atoms with Crippen molar-refractivity contribution < 1.29 is 24.2 Å². The molecule has 0 unspecified atom stereocenters. The number of hydrogen-bond donors (Lipinski definition) is 4. The van der Waals surface area contributed by atoms with Gasteiger partial charge < -0.3 is 15.2 Å². The Kier molecular flexibility index (Phi) is 5.08. The molecule has 0 radical (unpaired) electrons. The van der Waals surface area contributed by atoms with Crippen LogP contribution in [0.3, 0.4) is 0 Å². The summed E-state index contributed by atoms with van der Waals surface area (Å²) in [6.45, 7) is -0.812. The molecule has 4 N–H and O–H groups in total. The molecule has 3 aromatic rings. The van der Waals surface area contributed by atoms with Gasteiger partial charge in [-0.25, -0.2) is 9.87 Å². The molecule has 6 nitrogen and oxygen atoms in total. The molecule has 25 heavy (non-hydrogen) atoms. The van der Waals surface area contributed by atoms with Crippen LogP contribution in [0.4, 0.5) is 4.39 Å². The lowest BCUT2D eigenvalue weighted by molar-refractivity contribution is -0.0618. The lowest BCUT2D eigenvalue weighted by atomic mass is 10.0. The molecule has 0 spiro atoms. The fourth-order valence-corrected chi connectivity index (χ4v) is 2.47. The van der Waals surface area contributed by atoms with E-state index in [4.69, 9.17) is 15.1 Å². The Morgan fingerprint density at radius 2 is 1.88 bits per heavy atom. The van der Waals surface area contributed by atoms with Gasteiger partial charge >= 0.3 is 0 Å². The Morgan fingerprint density at radius 1 is 1.16 bits per heavy atom. The first kappa shape index (κ1) is 17.1. The SMILES string of the molecule is O=C(NOC(CO)CO)c1ccc(-c2c[nH]c3cc(F)ccc23)cc1. The van der Waals surface area contributed by atoms with Crippen molar-refractivity contribution in [2.75, 3.05) is 13.2 Å². The predicted octanol–water partition coefficient (Wildman–Crippen LogP) is 1.99. The highest BCUT2D eigenvalue weighted by Crippen LogP contribution is 2.29. The quantitative estimate of drug-likeness (QED) is 0.514. The maximum atomic E-state index is 13.3. The molecule has 0 aliphatic heterocycles. The van der Waals surface area contributed by atoms with Crippen molar-refractivity contribution >= 4 is 16.8 Å². The maximum absolute atomic E-state index is 13.3. The Bertz CT molecular complexity index is 872. The third-order valence-corrected chi connectivity index (χ3v) is 3.83. The van der Waals surface area contributed by atoms with Crippen LogP contribution < -0.4 is 5.48 Å². The summed E-state index contributed by atoms with van der Waals surface area (Å²) in [5, 5.41) is 18.7. The van der Waals surface area contributed by atoms with Gasteiger partial charge in [0.1, 0.15) is 11.9 Å². The normalized spacial score (nSPS) is 11.2. The lowest BCUT2D eigenvalue weighted by Gasteiger charge is -2.12. The highest BCUT2D eigenvalue weighted by atomic mass is 19.1. The van der Waals surface area contributed by atoms with Gasteiger partial charge in [0.15, 0.2) is 0 Å². The summed E-state index contributed by atoms with van der Waals surface area (Å²) in [4.78, 5) is 19.9. The third kappa shape index (κ3) is 3.69. The molecule has 0 saturated carbocycles. The Hall–Kier alpha value is -2.74. The lowest BCUT2D eigenvalue weighted by Crippen LogP contribution is -2.33. The van der Waals surface area contributed by atoms with Crippen LogP contribution in [-0.4, -0.2) is 40.4 Å². The molecular weight excluding hydrogens is 327 g/mol. The summed E-state index contributed by atoms with van der Waals surface area (Å²) in [5.74, 6) is -0.795. The van der Waals surface area contributed by atoms with E-state index in [1.807, 2.05) is 0 Å². The molecule has 0 atom stereocenters. The first-order valence-electron chi connectivity index (χ1n) is 7.67. The van der Waals surface area contributed by atoms with Crippen LogP contribution in [0.15, 0.2) is 48.7 Å². The van der Waals surface area contributed by atoms with Crippen molar-refractivity contribution in [1.29, 1.82) is 0 Å². The van der Waals surface area contributed by atoms with Gasteiger partial charge in [0.2, 0.25) is 0 Å². The standard InChI is InChI=1S/C18H17FN2O4/c19-13-5-6-15-16(8-20-17(15)7-13)11-1-3-12(4-2-11)18(24)21-25-14(9-22)10-23/h1-8,14,20,22-23H,9-10H2,(H,21,24). The van der Waals surface area contributed by atoms with Gasteiger partial charge in [0, 0.05) is 28.2 Å². The van der Waals surface area contributed by atoms with E-state index in [1.54, 1.807) is 36.5 Å². The predicted molar refractivity (Wildman–Crippen MR) is 90.2 cm³/mol. The average molecular weight is 344 g/mol. The van der Waals surface area contributed by atoms with Crippen molar-refractivity contribution in [3.05, 3.63) is 60.0 Å². The number of fused-ring (bicyclic) bond motifs is 1. The van der Waals surface area contributed by atoms with Crippen LogP contribution in [0.2, 0.25) is 0 Å². The molecule has 130 valence electrons. The molecule has 7 heteroatoms. The van der Waals surface area contributed by atoms with Crippen molar-refractivity contribution in [3.8, 4) is 11.1 Å².